The summed E-state index contributed by atoms with van der Waals surface area (Å²) < 4.78 is 0. The molecule has 0 saturated carbocycles. The molecule has 0 aromatic heterocycles. The molecule has 0 aromatic carbocycles. The van der Waals surface area contributed by atoms with Crippen LogP contribution in [0.3, 0.4) is 0 Å². The molecular formula is C11H17N3O6. The van der Waals surface area contributed by atoms with Gasteiger partial charge in [0.2, 0.25) is 5.91 Å². The van der Waals surface area contributed by atoms with Crippen LogP contribution in [-0.4, -0.2) is 64.2 Å². The lowest BCUT2D eigenvalue weighted by atomic mass is 10.1. The fourth-order valence-corrected chi connectivity index (χ4v) is 1.78. The number of imide groups is 1. The Hall–Kier alpha value is -2.16. The molecule has 20 heavy (non-hydrogen) atoms. The van der Waals surface area contributed by atoms with E-state index in [1.54, 1.807) is 0 Å². The minimum Gasteiger partial charge on any atom is -0.480 e. The minimum absolute atomic E-state index is 0.117. The molecule has 1 fully saturated rings. The average molecular weight is 287 g/mol. The van der Waals surface area contributed by atoms with Gasteiger partial charge in [-0.05, 0) is 13.3 Å². The number of urea groups is 1. The van der Waals surface area contributed by atoms with E-state index in [9.17, 15) is 24.3 Å². The quantitative estimate of drug-likeness (QED) is 0.453. The van der Waals surface area contributed by atoms with Crippen LogP contribution in [0, 0.1) is 0 Å². The summed E-state index contributed by atoms with van der Waals surface area (Å²) in [6, 6.07) is -3.26. The number of nitrogens with zero attached hydrogens (tertiary/aromatic N) is 1. The van der Waals surface area contributed by atoms with Crippen LogP contribution in [0.5, 0.6) is 0 Å². The number of aliphatic hydroxyl groups is 1. The van der Waals surface area contributed by atoms with Gasteiger partial charge in [0, 0.05) is 13.5 Å². The Bertz CT molecular complexity index is 436. The van der Waals surface area contributed by atoms with Crippen molar-refractivity contribution < 1.29 is 29.4 Å². The maximum absolute atomic E-state index is 11.7. The largest absolute Gasteiger partial charge is 0.480 e. The molecule has 0 aromatic rings. The molecule has 112 valence electrons. The van der Waals surface area contributed by atoms with Gasteiger partial charge in [-0.15, -0.1) is 0 Å². The second-order valence-electron chi connectivity index (χ2n) is 4.56. The monoisotopic (exact) mass is 287 g/mol. The van der Waals surface area contributed by atoms with Crippen molar-refractivity contribution in [3.63, 3.8) is 0 Å². The summed E-state index contributed by atoms with van der Waals surface area (Å²) in [6.07, 6.45) is -1.02. The average Bonchev–Trinajstić information content (AvgIpc) is 2.36. The van der Waals surface area contributed by atoms with E-state index >= 15 is 0 Å². The van der Waals surface area contributed by atoms with Crippen LogP contribution < -0.4 is 10.6 Å². The number of hydrogen-bond acceptors (Lipinski definition) is 5. The second-order valence-corrected chi connectivity index (χ2v) is 4.56. The first-order valence-electron chi connectivity index (χ1n) is 6.02. The predicted molar refractivity (Wildman–Crippen MR) is 65.6 cm³/mol. The van der Waals surface area contributed by atoms with Gasteiger partial charge in [0.1, 0.15) is 6.04 Å². The maximum Gasteiger partial charge on any atom is 0.328 e. The Kier molecular flexibility index (Phi) is 5.03. The SMILES string of the molecule is C[C@@H](O)[C@H](NC(=O)NC1CCC(=O)N(C)C1=O)C(=O)O. The molecular weight excluding hydrogens is 270 g/mol. The number of nitrogens with one attached hydrogen (secondary N) is 2. The number of aliphatic carboxylic acids is 1. The van der Waals surface area contributed by atoms with Crippen LogP contribution in [0.4, 0.5) is 4.79 Å². The smallest absolute Gasteiger partial charge is 0.328 e. The number of rotatable bonds is 4. The molecule has 4 N–H and O–H groups in total. The first-order chi connectivity index (χ1) is 9.23. The number of likely N-dealkylation sites (tertiary alicyclic amines) is 1. The van der Waals surface area contributed by atoms with Crippen molar-refractivity contribution in [1.29, 1.82) is 0 Å². The van der Waals surface area contributed by atoms with E-state index in [0.29, 0.717) is 0 Å². The number of amides is 4. The fourth-order valence-electron chi connectivity index (χ4n) is 1.78. The highest BCUT2D eigenvalue weighted by molar-refractivity contribution is 6.01. The standard InChI is InChI=1S/C11H17N3O6/c1-5(15)8(10(18)19)13-11(20)12-6-3-4-7(16)14(2)9(6)17/h5-6,8,15H,3-4H2,1-2H3,(H,18,19)(H2,12,13,20)/t5-,6?,8+/m1/s1. The third kappa shape index (κ3) is 3.67. The van der Waals surface area contributed by atoms with Crippen molar-refractivity contribution in [2.24, 2.45) is 0 Å². The van der Waals surface area contributed by atoms with E-state index in [0.717, 1.165) is 4.90 Å². The van der Waals surface area contributed by atoms with Crippen molar-refractivity contribution in [2.75, 3.05) is 7.05 Å². The van der Waals surface area contributed by atoms with Gasteiger partial charge in [-0.3, -0.25) is 14.5 Å². The van der Waals surface area contributed by atoms with Gasteiger partial charge in [-0.25, -0.2) is 9.59 Å². The highest BCUT2D eigenvalue weighted by Crippen LogP contribution is 2.11. The molecule has 9 heteroatoms. The third-order valence-corrected chi connectivity index (χ3v) is 2.99. The number of carbonyl (C=O) groups is 4. The third-order valence-electron chi connectivity index (χ3n) is 2.99. The van der Waals surface area contributed by atoms with E-state index in [2.05, 4.69) is 10.6 Å². The highest BCUT2D eigenvalue weighted by atomic mass is 16.4. The number of carboxylic acid groups (broad SMARTS) is 1. The molecule has 1 aliphatic heterocycles. The molecule has 0 radical (unpaired) electrons. The van der Waals surface area contributed by atoms with Crippen molar-refractivity contribution in [3.8, 4) is 0 Å². The first-order valence-corrected chi connectivity index (χ1v) is 6.02. The van der Waals surface area contributed by atoms with E-state index in [-0.39, 0.29) is 18.7 Å². The van der Waals surface area contributed by atoms with Crippen LogP contribution in [0.1, 0.15) is 19.8 Å². The van der Waals surface area contributed by atoms with E-state index < -0.39 is 36.1 Å². The number of carboxylic acids is 1. The molecule has 4 amide bonds. The zero-order valence-corrected chi connectivity index (χ0v) is 11.1. The van der Waals surface area contributed by atoms with Gasteiger partial charge >= 0.3 is 12.0 Å². The first kappa shape index (κ1) is 15.9. The number of aliphatic hydroxyl groups excluding tert-OH is 1. The molecule has 1 saturated heterocycles. The van der Waals surface area contributed by atoms with E-state index in [1.165, 1.54) is 14.0 Å². The molecule has 1 unspecified atom stereocenters. The molecule has 1 aliphatic rings. The van der Waals surface area contributed by atoms with Crippen molar-refractivity contribution in [2.45, 2.75) is 38.0 Å². The van der Waals surface area contributed by atoms with Gasteiger partial charge in [0.25, 0.3) is 5.91 Å². The summed E-state index contributed by atoms with van der Waals surface area (Å²) in [4.78, 5) is 46.3. The van der Waals surface area contributed by atoms with Crippen LogP contribution in [0.2, 0.25) is 0 Å². The predicted octanol–water partition coefficient (Wildman–Crippen LogP) is -1.73. The summed E-state index contributed by atoms with van der Waals surface area (Å²) in [5, 5.41) is 22.4. The van der Waals surface area contributed by atoms with Crippen LogP contribution in [0.15, 0.2) is 0 Å². The van der Waals surface area contributed by atoms with Gasteiger partial charge in [0.15, 0.2) is 6.04 Å². The summed E-state index contributed by atoms with van der Waals surface area (Å²) in [7, 11) is 1.31. The number of hydrogen-bond donors (Lipinski definition) is 4. The van der Waals surface area contributed by atoms with Crippen LogP contribution in [-0.2, 0) is 14.4 Å². The molecule has 0 bridgehead atoms. The minimum atomic E-state index is -1.48. The normalized spacial score (nSPS) is 22.1. The maximum atomic E-state index is 11.7. The molecule has 0 spiro atoms. The molecule has 3 atom stereocenters. The van der Waals surface area contributed by atoms with Gasteiger partial charge < -0.3 is 20.8 Å². The lowest BCUT2D eigenvalue weighted by Gasteiger charge is -2.28. The van der Waals surface area contributed by atoms with Gasteiger partial charge in [-0.2, -0.15) is 0 Å². The lowest BCUT2D eigenvalue weighted by Crippen LogP contribution is -2.58. The van der Waals surface area contributed by atoms with Gasteiger partial charge in [0.05, 0.1) is 6.10 Å². The summed E-state index contributed by atoms with van der Waals surface area (Å²) >= 11 is 0. The fraction of sp³-hybridized carbons (Fsp3) is 0.636. The number of carbonyl (C=O) groups excluding carboxylic acids is 3. The Morgan fingerprint density at radius 1 is 1.40 bits per heavy atom. The molecule has 1 heterocycles. The lowest BCUT2D eigenvalue weighted by molar-refractivity contribution is -0.147. The topological polar surface area (TPSA) is 136 Å². The van der Waals surface area contributed by atoms with Crippen molar-refractivity contribution in [3.05, 3.63) is 0 Å². The van der Waals surface area contributed by atoms with Crippen molar-refractivity contribution >= 4 is 23.8 Å². The zero-order valence-electron chi connectivity index (χ0n) is 11.1. The Morgan fingerprint density at radius 3 is 2.50 bits per heavy atom. The van der Waals surface area contributed by atoms with Crippen molar-refractivity contribution in [1.82, 2.24) is 15.5 Å². The highest BCUT2D eigenvalue weighted by Gasteiger charge is 2.33. The zero-order chi connectivity index (χ0) is 15.4. The number of likely N-dealkylation sites (N-methyl/N-ethyl adjacent to an activating group) is 1. The Balaban J connectivity index is 2.60. The van der Waals surface area contributed by atoms with Crippen LogP contribution >= 0.6 is 0 Å². The summed E-state index contributed by atoms with van der Waals surface area (Å²) in [5.74, 6) is -2.28. The molecule has 0 aliphatic carbocycles. The summed E-state index contributed by atoms with van der Waals surface area (Å²) in [6.45, 7) is 1.22. The Labute approximate surface area is 114 Å². The van der Waals surface area contributed by atoms with Crippen LogP contribution in [0.25, 0.3) is 0 Å². The Morgan fingerprint density at radius 2 is 2.00 bits per heavy atom. The van der Waals surface area contributed by atoms with E-state index in [1.807, 2.05) is 0 Å². The number of piperidine rings is 1. The molecule has 9 nitrogen and oxygen atoms in total. The second kappa shape index (κ2) is 6.33. The molecule has 1 rings (SSSR count). The summed E-state index contributed by atoms with van der Waals surface area (Å²) in [5.41, 5.74) is 0. The van der Waals surface area contributed by atoms with E-state index in [4.69, 9.17) is 5.11 Å². The van der Waals surface area contributed by atoms with Gasteiger partial charge in [-0.1, -0.05) is 0 Å².